The summed E-state index contributed by atoms with van der Waals surface area (Å²) < 4.78 is 32.8. The first-order chi connectivity index (χ1) is 14.1. The molecule has 0 saturated heterocycles. The van der Waals surface area contributed by atoms with Gasteiger partial charge < -0.3 is 14.8 Å². The molecule has 0 atom stereocenters. The van der Waals surface area contributed by atoms with E-state index in [9.17, 15) is 22.8 Å². The number of carbonyl (C=O) groups is 3. The highest BCUT2D eigenvalue weighted by Crippen LogP contribution is 2.39. The second-order valence-corrected chi connectivity index (χ2v) is 9.41. The lowest BCUT2D eigenvalue weighted by atomic mass is 10.1. The first-order valence-corrected chi connectivity index (χ1v) is 11.4. The van der Waals surface area contributed by atoms with E-state index in [1.807, 2.05) is 0 Å². The van der Waals surface area contributed by atoms with Crippen LogP contribution in [0.2, 0.25) is 5.02 Å². The van der Waals surface area contributed by atoms with Gasteiger partial charge in [-0.3, -0.25) is 4.79 Å². The van der Waals surface area contributed by atoms with E-state index < -0.39 is 39.4 Å². The van der Waals surface area contributed by atoms with Gasteiger partial charge in [0.25, 0.3) is 5.91 Å². The molecular formula is C18H17ClN2O7S2. The summed E-state index contributed by atoms with van der Waals surface area (Å²) in [4.78, 5) is 37.1. The van der Waals surface area contributed by atoms with Crippen LogP contribution in [0.15, 0.2) is 23.1 Å². The van der Waals surface area contributed by atoms with E-state index in [2.05, 4.69) is 5.32 Å². The van der Waals surface area contributed by atoms with Crippen LogP contribution in [0.1, 0.15) is 37.6 Å². The summed E-state index contributed by atoms with van der Waals surface area (Å²) in [5, 5.41) is 7.82. The Morgan fingerprint density at radius 3 is 2.63 bits per heavy atom. The molecule has 0 fully saturated rings. The number of rotatable bonds is 6. The van der Waals surface area contributed by atoms with Gasteiger partial charge in [0, 0.05) is 4.88 Å². The highest BCUT2D eigenvalue weighted by atomic mass is 35.5. The molecule has 1 aromatic carbocycles. The highest BCUT2D eigenvalue weighted by Gasteiger charge is 2.28. The highest BCUT2D eigenvalue weighted by molar-refractivity contribution is 7.89. The Kier molecular flexibility index (Phi) is 6.46. The number of benzene rings is 1. The number of nitrogens with two attached hydrogens (primary N) is 1. The Labute approximate surface area is 181 Å². The van der Waals surface area contributed by atoms with Crippen LogP contribution in [-0.2, 0) is 37.1 Å². The Hall–Kier alpha value is -2.47. The lowest BCUT2D eigenvalue weighted by molar-refractivity contribution is -0.119. The van der Waals surface area contributed by atoms with Crippen molar-refractivity contribution >= 4 is 55.8 Å². The van der Waals surface area contributed by atoms with Crippen molar-refractivity contribution in [2.24, 2.45) is 5.14 Å². The second kappa shape index (κ2) is 8.72. The summed E-state index contributed by atoms with van der Waals surface area (Å²) in [7, 11) is -2.88. The SMILES string of the molecule is COC(=O)c1c(NC(=O)COC(=O)c2ccc(Cl)c(S(N)(=O)=O)c2)sc2c1CCC2. The van der Waals surface area contributed by atoms with Crippen molar-refractivity contribution in [1.82, 2.24) is 0 Å². The van der Waals surface area contributed by atoms with Crippen LogP contribution in [0.25, 0.3) is 0 Å². The first-order valence-electron chi connectivity index (χ1n) is 8.64. The lowest BCUT2D eigenvalue weighted by Crippen LogP contribution is -2.22. The van der Waals surface area contributed by atoms with E-state index in [1.165, 1.54) is 30.6 Å². The number of ether oxygens (including phenoxy) is 2. The monoisotopic (exact) mass is 472 g/mol. The van der Waals surface area contributed by atoms with E-state index in [-0.39, 0.29) is 10.6 Å². The normalized spacial score (nSPS) is 12.9. The van der Waals surface area contributed by atoms with E-state index in [0.29, 0.717) is 10.6 Å². The maximum Gasteiger partial charge on any atom is 0.341 e. The zero-order valence-electron chi connectivity index (χ0n) is 15.7. The first kappa shape index (κ1) is 22.2. The van der Waals surface area contributed by atoms with Gasteiger partial charge in [0.1, 0.15) is 9.90 Å². The van der Waals surface area contributed by atoms with Crippen LogP contribution in [-0.4, -0.2) is 40.0 Å². The van der Waals surface area contributed by atoms with Crippen molar-refractivity contribution in [3.8, 4) is 0 Å². The average Bonchev–Trinajstić information content (AvgIpc) is 3.25. The van der Waals surface area contributed by atoms with E-state index >= 15 is 0 Å². The van der Waals surface area contributed by atoms with E-state index in [1.54, 1.807) is 0 Å². The third-order valence-corrected chi connectivity index (χ3v) is 6.97. The van der Waals surface area contributed by atoms with Crippen molar-refractivity contribution in [3.05, 3.63) is 44.8 Å². The fourth-order valence-corrected chi connectivity index (χ4v) is 5.40. The summed E-state index contributed by atoms with van der Waals surface area (Å²) in [6, 6.07) is 3.40. The molecule has 0 aliphatic heterocycles. The van der Waals surface area contributed by atoms with Gasteiger partial charge in [-0.2, -0.15) is 0 Å². The Bertz CT molecular complexity index is 1140. The number of anilines is 1. The van der Waals surface area contributed by atoms with Gasteiger partial charge in [0.05, 0.1) is 23.3 Å². The third kappa shape index (κ3) is 4.64. The minimum Gasteiger partial charge on any atom is -0.465 e. The second-order valence-electron chi connectivity index (χ2n) is 6.37. The van der Waals surface area contributed by atoms with E-state index in [0.717, 1.165) is 35.8 Å². The number of esters is 2. The topological polar surface area (TPSA) is 142 Å². The number of aryl methyl sites for hydroxylation is 1. The van der Waals surface area contributed by atoms with Gasteiger partial charge in [-0.15, -0.1) is 11.3 Å². The summed E-state index contributed by atoms with van der Waals surface area (Å²) in [5.74, 6) is -2.14. The molecule has 160 valence electrons. The fraction of sp³-hybridized carbons (Fsp3) is 0.278. The van der Waals surface area contributed by atoms with Crippen LogP contribution in [0, 0.1) is 0 Å². The Morgan fingerprint density at radius 1 is 1.23 bits per heavy atom. The van der Waals surface area contributed by atoms with Crippen LogP contribution < -0.4 is 10.5 Å². The maximum absolute atomic E-state index is 12.2. The van der Waals surface area contributed by atoms with Crippen molar-refractivity contribution in [3.63, 3.8) is 0 Å². The van der Waals surface area contributed by atoms with Crippen LogP contribution >= 0.6 is 22.9 Å². The molecule has 1 aromatic heterocycles. The van der Waals surface area contributed by atoms with Gasteiger partial charge >= 0.3 is 11.9 Å². The van der Waals surface area contributed by atoms with Crippen LogP contribution in [0.3, 0.4) is 0 Å². The van der Waals surface area contributed by atoms with Gasteiger partial charge in [-0.25, -0.2) is 23.1 Å². The van der Waals surface area contributed by atoms with Crippen molar-refractivity contribution < 1.29 is 32.3 Å². The van der Waals surface area contributed by atoms with Gasteiger partial charge in [-0.1, -0.05) is 11.6 Å². The van der Waals surface area contributed by atoms with E-state index in [4.69, 9.17) is 26.2 Å². The molecule has 0 radical (unpaired) electrons. The number of carbonyl (C=O) groups excluding carboxylic acids is 3. The number of halogens is 1. The lowest BCUT2D eigenvalue weighted by Gasteiger charge is -2.09. The number of sulfonamides is 1. The number of hydrogen-bond donors (Lipinski definition) is 2. The molecular weight excluding hydrogens is 456 g/mol. The van der Waals surface area contributed by atoms with Gasteiger partial charge in [0.2, 0.25) is 10.0 Å². The fourth-order valence-electron chi connectivity index (χ4n) is 3.04. The van der Waals surface area contributed by atoms with Crippen LogP contribution in [0.5, 0.6) is 0 Å². The molecule has 2 aromatic rings. The van der Waals surface area contributed by atoms with Gasteiger partial charge in [0.15, 0.2) is 6.61 Å². The predicted molar refractivity (Wildman–Crippen MR) is 109 cm³/mol. The molecule has 0 saturated carbocycles. The summed E-state index contributed by atoms with van der Waals surface area (Å²) in [6.45, 7) is -0.644. The molecule has 1 heterocycles. The summed E-state index contributed by atoms with van der Waals surface area (Å²) in [5.41, 5.74) is 1.06. The largest absolute Gasteiger partial charge is 0.465 e. The molecule has 3 N–H and O–H groups in total. The molecule has 12 heteroatoms. The summed E-state index contributed by atoms with van der Waals surface area (Å²) in [6.07, 6.45) is 2.47. The van der Waals surface area contributed by atoms with Crippen molar-refractivity contribution in [2.75, 3.05) is 19.0 Å². The molecule has 0 bridgehead atoms. The molecule has 9 nitrogen and oxygen atoms in total. The smallest absolute Gasteiger partial charge is 0.341 e. The molecule has 30 heavy (non-hydrogen) atoms. The molecule has 0 spiro atoms. The quantitative estimate of drug-likeness (QED) is 0.613. The molecule has 1 amide bonds. The number of primary sulfonamides is 1. The van der Waals surface area contributed by atoms with Crippen molar-refractivity contribution in [2.45, 2.75) is 24.2 Å². The van der Waals surface area contributed by atoms with Gasteiger partial charge in [-0.05, 0) is 43.0 Å². The average molecular weight is 473 g/mol. The molecule has 0 unspecified atom stereocenters. The Balaban J connectivity index is 1.69. The zero-order valence-corrected chi connectivity index (χ0v) is 18.1. The van der Waals surface area contributed by atoms with Crippen LogP contribution in [0.4, 0.5) is 5.00 Å². The molecule has 1 aliphatic carbocycles. The number of nitrogens with one attached hydrogen (secondary N) is 1. The van der Waals surface area contributed by atoms with Crippen molar-refractivity contribution in [1.29, 1.82) is 0 Å². The zero-order chi connectivity index (χ0) is 22.1. The number of fused-ring (bicyclic) bond motifs is 1. The minimum atomic E-state index is -4.14. The Morgan fingerprint density at radius 2 is 1.97 bits per heavy atom. The molecule has 1 aliphatic rings. The number of thiophene rings is 1. The number of amides is 1. The standard InChI is InChI=1S/C18H17ClN2O7S2/c1-27-18(24)15-10-3-2-4-12(10)29-16(15)21-14(22)8-28-17(23)9-5-6-11(19)13(7-9)30(20,25)26/h5-7H,2-4,8H2,1H3,(H,21,22)(H2,20,25,26). The summed E-state index contributed by atoms with van der Waals surface area (Å²) >= 11 is 7.06. The third-order valence-electron chi connectivity index (χ3n) is 4.37. The number of hydrogen-bond acceptors (Lipinski definition) is 8. The molecule has 3 rings (SSSR count). The minimum absolute atomic E-state index is 0.137. The predicted octanol–water partition coefficient (Wildman–Crippen LogP) is 2.12. The maximum atomic E-state index is 12.2. The number of methoxy groups -OCH3 is 1.